The molecule has 0 atom stereocenters. The SMILES string of the molecule is O=C(C1CCCC1)N1CCN(Cc2csc(-c3ccc(F)cc3)n2)CC1. The molecule has 1 aromatic heterocycles. The van der Waals surface area contributed by atoms with E-state index in [1.165, 1.54) is 25.0 Å². The first-order valence-corrected chi connectivity index (χ1v) is 10.3. The van der Waals surface area contributed by atoms with Crippen LogP contribution >= 0.6 is 11.3 Å². The minimum absolute atomic E-state index is 0.226. The normalized spacial score (nSPS) is 19.2. The van der Waals surface area contributed by atoms with Gasteiger partial charge < -0.3 is 4.90 Å². The molecule has 2 heterocycles. The van der Waals surface area contributed by atoms with Gasteiger partial charge in [-0.2, -0.15) is 0 Å². The second kappa shape index (κ2) is 7.84. The van der Waals surface area contributed by atoms with E-state index in [4.69, 9.17) is 4.98 Å². The average Bonchev–Trinajstić information content (AvgIpc) is 3.35. The van der Waals surface area contributed by atoms with Crippen molar-refractivity contribution in [3.63, 3.8) is 0 Å². The highest BCUT2D eigenvalue weighted by Crippen LogP contribution is 2.27. The van der Waals surface area contributed by atoms with Gasteiger partial charge in [-0.3, -0.25) is 9.69 Å². The fraction of sp³-hybridized carbons (Fsp3) is 0.500. The molecule has 0 radical (unpaired) electrons. The zero-order valence-corrected chi connectivity index (χ0v) is 15.7. The Hall–Kier alpha value is -1.79. The highest BCUT2D eigenvalue weighted by Gasteiger charge is 2.29. The van der Waals surface area contributed by atoms with Gasteiger partial charge in [0.25, 0.3) is 0 Å². The third kappa shape index (κ3) is 3.96. The molecule has 6 heteroatoms. The third-order valence-electron chi connectivity index (χ3n) is 5.42. The van der Waals surface area contributed by atoms with Crippen molar-refractivity contribution in [2.75, 3.05) is 26.2 Å². The molecular weight excluding hydrogens is 349 g/mol. The summed E-state index contributed by atoms with van der Waals surface area (Å²) in [4.78, 5) is 21.6. The number of rotatable bonds is 4. The van der Waals surface area contributed by atoms with Crippen molar-refractivity contribution in [2.45, 2.75) is 32.2 Å². The average molecular weight is 373 g/mol. The summed E-state index contributed by atoms with van der Waals surface area (Å²) in [5, 5.41) is 3.00. The molecule has 0 unspecified atom stereocenters. The van der Waals surface area contributed by atoms with Gasteiger partial charge in [-0.05, 0) is 37.1 Å². The first-order chi connectivity index (χ1) is 12.7. The van der Waals surface area contributed by atoms with E-state index in [1.807, 2.05) is 0 Å². The Labute approximate surface area is 157 Å². The van der Waals surface area contributed by atoms with Gasteiger partial charge in [-0.25, -0.2) is 9.37 Å². The molecule has 0 bridgehead atoms. The lowest BCUT2D eigenvalue weighted by atomic mass is 10.1. The van der Waals surface area contributed by atoms with Crippen LogP contribution in [0.5, 0.6) is 0 Å². The van der Waals surface area contributed by atoms with E-state index >= 15 is 0 Å². The summed E-state index contributed by atoms with van der Waals surface area (Å²) in [6, 6.07) is 6.48. The van der Waals surface area contributed by atoms with Gasteiger partial charge in [-0.15, -0.1) is 11.3 Å². The molecule has 1 aromatic carbocycles. The molecule has 4 nitrogen and oxygen atoms in total. The lowest BCUT2D eigenvalue weighted by molar-refractivity contribution is -0.137. The van der Waals surface area contributed by atoms with E-state index in [0.717, 1.165) is 61.8 Å². The molecule has 26 heavy (non-hydrogen) atoms. The van der Waals surface area contributed by atoms with Crippen molar-refractivity contribution in [3.05, 3.63) is 41.2 Å². The Kier molecular flexibility index (Phi) is 5.31. The van der Waals surface area contributed by atoms with Gasteiger partial charge >= 0.3 is 0 Å². The van der Waals surface area contributed by atoms with E-state index in [0.29, 0.717) is 5.91 Å². The van der Waals surface area contributed by atoms with Crippen molar-refractivity contribution < 1.29 is 9.18 Å². The maximum Gasteiger partial charge on any atom is 0.225 e. The molecule has 2 fully saturated rings. The molecule has 2 aromatic rings. The minimum Gasteiger partial charge on any atom is -0.340 e. The highest BCUT2D eigenvalue weighted by molar-refractivity contribution is 7.13. The number of aromatic nitrogens is 1. The minimum atomic E-state index is -0.226. The lowest BCUT2D eigenvalue weighted by Crippen LogP contribution is -2.49. The summed E-state index contributed by atoms with van der Waals surface area (Å²) in [7, 11) is 0. The first kappa shape index (κ1) is 17.6. The quantitative estimate of drug-likeness (QED) is 0.818. The number of nitrogens with zero attached hydrogens (tertiary/aromatic N) is 3. The van der Waals surface area contributed by atoms with E-state index < -0.39 is 0 Å². The van der Waals surface area contributed by atoms with Crippen LogP contribution in [0.3, 0.4) is 0 Å². The van der Waals surface area contributed by atoms with Crippen LogP contribution in [0.15, 0.2) is 29.6 Å². The first-order valence-electron chi connectivity index (χ1n) is 9.40. The van der Waals surface area contributed by atoms with Crippen LogP contribution in [0.25, 0.3) is 10.6 Å². The number of carbonyl (C=O) groups is 1. The largest absolute Gasteiger partial charge is 0.340 e. The van der Waals surface area contributed by atoms with Crippen LogP contribution in [0.1, 0.15) is 31.4 Å². The van der Waals surface area contributed by atoms with Crippen LogP contribution in [-0.4, -0.2) is 46.9 Å². The molecule has 2 aliphatic rings. The number of thiazole rings is 1. The van der Waals surface area contributed by atoms with Crippen LogP contribution < -0.4 is 0 Å². The summed E-state index contributed by atoms with van der Waals surface area (Å²) in [6.45, 7) is 4.27. The second-order valence-corrected chi connectivity index (χ2v) is 8.09. The predicted molar refractivity (Wildman–Crippen MR) is 101 cm³/mol. The van der Waals surface area contributed by atoms with Crippen LogP contribution in [0.2, 0.25) is 0 Å². The maximum absolute atomic E-state index is 13.1. The summed E-state index contributed by atoms with van der Waals surface area (Å²) >= 11 is 1.59. The Morgan fingerprint density at radius 3 is 2.50 bits per heavy atom. The van der Waals surface area contributed by atoms with Crippen LogP contribution in [0.4, 0.5) is 4.39 Å². The Balaban J connectivity index is 1.30. The number of amides is 1. The predicted octanol–water partition coefficient (Wildman–Crippen LogP) is 3.78. The third-order valence-corrected chi connectivity index (χ3v) is 6.36. The Bertz CT molecular complexity index is 747. The van der Waals surface area contributed by atoms with Gasteiger partial charge in [0.1, 0.15) is 10.8 Å². The number of hydrogen-bond acceptors (Lipinski definition) is 4. The number of hydrogen-bond donors (Lipinski definition) is 0. The smallest absolute Gasteiger partial charge is 0.225 e. The molecule has 0 spiro atoms. The number of halogens is 1. The van der Waals surface area contributed by atoms with E-state index in [-0.39, 0.29) is 11.7 Å². The van der Waals surface area contributed by atoms with Crippen molar-refractivity contribution >= 4 is 17.2 Å². The van der Waals surface area contributed by atoms with Crippen molar-refractivity contribution in [3.8, 4) is 10.6 Å². The Morgan fingerprint density at radius 1 is 1.12 bits per heavy atom. The van der Waals surface area contributed by atoms with Crippen molar-refractivity contribution in [1.82, 2.24) is 14.8 Å². The van der Waals surface area contributed by atoms with Gasteiger partial charge in [0.15, 0.2) is 0 Å². The fourth-order valence-corrected chi connectivity index (χ4v) is 4.71. The molecule has 4 rings (SSSR count). The van der Waals surface area contributed by atoms with E-state index in [9.17, 15) is 9.18 Å². The van der Waals surface area contributed by atoms with E-state index in [2.05, 4.69) is 15.2 Å². The molecule has 1 aliphatic carbocycles. The highest BCUT2D eigenvalue weighted by atomic mass is 32.1. The summed E-state index contributed by atoms with van der Waals surface area (Å²) in [5.74, 6) is 0.420. The maximum atomic E-state index is 13.1. The topological polar surface area (TPSA) is 36.4 Å². The Morgan fingerprint density at radius 2 is 1.81 bits per heavy atom. The van der Waals surface area contributed by atoms with E-state index in [1.54, 1.807) is 23.5 Å². The van der Waals surface area contributed by atoms with Crippen LogP contribution in [-0.2, 0) is 11.3 Å². The second-order valence-electron chi connectivity index (χ2n) is 7.23. The number of benzene rings is 1. The van der Waals surface area contributed by atoms with Gasteiger partial charge in [0.05, 0.1) is 5.69 Å². The number of piperazine rings is 1. The number of carbonyl (C=O) groups excluding carboxylic acids is 1. The summed E-state index contributed by atoms with van der Waals surface area (Å²) in [6.07, 6.45) is 4.56. The molecule has 1 aliphatic heterocycles. The zero-order valence-electron chi connectivity index (χ0n) is 14.9. The van der Waals surface area contributed by atoms with Crippen LogP contribution in [0, 0.1) is 11.7 Å². The standard InChI is InChI=1S/C20H24FN3OS/c21-17-7-5-15(6-8-17)19-22-18(14-26-19)13-23-9-11-24(12-10-23)20(25)16-3-1-2-4-16/h5-8,14,16H,1-4,9-13H2. The molecule has 1 saturated carbocycles. The zero-order chi connectivity index (χ0) is 17.9. The summed E-state index contributed by atoms with van der Waals surface area (Å²) < 4.78 is 13.1. The molecule has 1 saturated heterocycles. The van der Waals surface area contributed by atoms with Crippen molar-refractivity contribution in [2.24, 2.45) is 5.92 Å². The van der Waals surface area contributed by atoms with Crippen molar-refractivity contribution in [1.29, 1.82) is 0 Å². The molecule has 0 N–H and O–H groups in total. The molecule has 1 amide bonds. The van der Waals surface area contributed by atoms with Gasteiger partial charge in [0.2, 0.25) is 5.91 Å². The fourth-order valence-electron chi connectivity index (χ4n) is 3.89. The van der Waals surface area contributed by atoms with Gasteiger partial charge in [0, 0.05) is 49.6 Å². The van der Waals surface area contributed by atoms with Gasteiger partial charge in [-0.1, -0.05) is 12.8 Å². The molecule has 138 valence electrons. The monoisotopic (exact) mass is 373 g/mol. The lowest BCUT2D eigenvalue weighted by Gasteiger charge is -2.35. The molecular formula is C20H24FN3OS. The summed E-state index contributed by atoms with van der Waals surface area (Å²) in [5.41, 5.74) is 2.00.